The zero-order valence-electron chi connectivity index (χ0n) is 8.23. The van der Waals surface area contributed by atoms with Gasteiger partial charge in [-0.25, -0.2) is 8.42 Å². The minimum absolute atomic E-state index is 0.0155. The number of thioether (sulfide) groups is 1. The molecule has 0 radical (unpaired) electrons. The highest BCUT2D eigenvalue weighted by molar-refractivity contribution is 8.13. The summed E-state index contributed by atoms with van der Waals surface area (Å²) in [6.45, 7) is 0. The molecule has 0 aromatic heterocycles. The van der Waals surface area contributed by atoms with Crippen molar-refractivity contribution >= 4 is 26.8 Å². The molecule has 0 saturated carbocycles. The molecular weight excluding hydrogens is 232 g/mol. The third-order valence-corrected chi connectivity index (χ3v) is 3.72. The van der Waals surface area contributed by atoms with Crippen LogP contribution in [0.1, 0.15) is 5.56 Å². The van der Waals surface area contributed by atoms with Gasteiger partial charge in [-0.3, -0.25) is 5.41 Å². The Bertz CT molecular complexity index is 469. The molecule has 0 aliphatic heterocycles. The van der Waals surface area contributed by atoms with Gasteiger partial charge in [0.05, 0.1) is 4.90 Å². The molecule has 0 unspecified atom stereocenters. The molecule has 0 saturated heterocycles. The van der Waals surface area contributed by atoms with Gasteiger partial charge in [0.15, 0.2) is 15.0 Å². The third-order valence-electron chi connectivity index (χ3n) is 1.76. The van der Waals surface area contributed by atoms with Crippen molar-refractivity contribution in [2.45, 2.75) is 10.6 Å². The highest BCUT2D eigenvalue weighted by atomic mass is 32.2. The summed E-state index contributed by atoms with van der Waals surface area (Å²) >= 11 is 1.11. The molecule has 0 aliphatic carbocycles. The van der Waals surface area contributed by atoms with Crippen LogP contribution in [0.4, 0.5) is 0 Å². The van der Waals surface area contributed by atoms with Crippen LogP contribution in [0.15, 0.2) is 29.2 Å². The van der Waals surface area contributed by atoms with Crippen LogP contribution in [0.2, 0.25) is 0 Å². The molecule has 6 heteroatoms. The number of rotatable bonds is 3. The van der Waals surface area contributed by atoms with E-state index in [9.17, 15) is 8.42 Å². The molecule has 82 valence electrons. The van der Waals surface area contributed by atoms with Crippen molar-refractivity contribution in [1.29, 1.82) is 5.41 Å². The van der Waals surface area contributed by atoms with Gasteiger partial charge in [0.1, 0.15) is 0 Å². The Kier molecular flexibility index (Phi) is 3.76. The summed E-state index contributed by atoms with van der Waals surface area (Å²) in [4.78, 5) is 0.304. The second kappa shape index (κ2) is 4.67. The standard InChI is InChI=1S/C9H12N2O2S2/c1-15(12,13)8-5-3-2-4-7(8)6-14-9(10)11/h2-5H,6H2,1H3,(H3,10,11). The van der Waals surface area contributed by atoms with Crippen molar-refractivity contribution < 1.29 is 8.42 Å². The van der Waals surface area contributed by atoms with Crippen molar-refractivity contribution in [3.05, 3.63) is 29.8 Å². The lowest BCUT2D eigenvalue weighted by Gasteiger charge is -2.06. The average molecular weight is 244 g/mol. The number of nitrogens with one attached hydrogen (secondary N) is 1. The summed E-state index contributed by atoms with van der Waals surface area (Å²) in [6, 6.07) is 6.74. The van der Waals surface area contributed by atoms with Gasteiger partial charge in [0.25, 0.3) is 0 Å². The van der Waals surface area contributed by atoms with Crippen LogP contribution in [0.5, 0.6) is 0 Å². The number of benzene rings is 1. The van der Waals surface area contributed by atoms with Crippen LogP contribution in [0, 0.1) is 5.41 Å². The predicted molar refractivity (Wildman–Crippen MR) is 62.8 cm³/mol. The molecule has 1 aromatic rings. The summed E-state index contributed by atoms with van der Waals surface area (Å²) in [5, 5.41) is 7.05. The van der Waals surface area contributed by atoms with Gasteiger partial charge in [-0.05, 0) is 11.6 Å². The number of amidine groups is 1. The van der Waals surface area contributed by atoms with Gasteiger partial charge in [0.2, 0.25) is 0 Å². The van der Waals surface area contributed by atoms with Crippen LogP contribution in [0.3, 0.4) is 0 Å². The third kappa shape index (κ3) is 3.56. The minimum Gasteiger partial charge on any atom is -0.379 e. The molecule has 0 amide bonds. The number of hydrogen-bond acceptors (Lipinski definition) is 4. The molecule has 0 bridgehead atoms. The van der Waals surface area contributed by atoms with E-state index < -0.39 is 9.84 Å². The Morgan fingerprint density at radius 2 is 2.07 bits per heavy atom. The van der Waals surface area contributed by atoms with Crippen molar-refractivity contribution in [2.24, 2.45) is 5.73 Å². The quantitative estimate of drug-likeness (QED) is 0.618. The van der Waals surface area contributed by atoms with Crippen molar-refractivity contribution in [2.75, 3.05) is 6.26 Å². The summed E-state index contributed by atoms with van der Waals surface area (Å²) in [5.41, 5.74) is 5.88. The SMILES string of the molecule is CS(=O)(=O)c1ccccc1CSC(=N)N. The molecule has 1 aromatic carbocycles. The first-order valence-electron chi connectivity index (χ1n) is 4.16. The van der Waals surface area contributed by atoms with E-state index in [1.54, 1.807) is 24.3 Å². The zero-order valence-corrected chi connectivity index (χ0v) is 9.86. The van der Waals surface area contributed by atoms with Crippen molar-refractivity contribution in [1.82, 2.24) is 0 Å². The maximum Gasteiger partial charge on any atom is 0.175 e. The van der Waals surface area contributed by atoms with Crippen LogP contribution < -0.4 is 5.73 Å². The first-order chi connectivity index (χ1) is 6.91. The van der Waals surface area contributed by atoms with Crippen LogP contribution >= 0.6 is 11.8 Å². The van der Waals surface area contributed by atoms with E-state index in [-0.39, 0.29) is 5.17 Å². The average Bonchev–Trinajstić information content (AvgIpc) is 2.13. The van der Waals surface area contributed by atoms with Gasteiger partial charge in [-0.2, -0.15) is 0 Å². The van der Waals surface area contributed by atoms with Gasteiger partial charge >= 0.3 is 0 Å². The molecule has 15 heavy (non-hydrogen) atoms. The first kappa shape index (κ1) is 12.1. The highest BCUT2D eigenvalue weighted by Crippen LogP contribution is 2.20. The topological polar surface area (TPSA) is 84.0 Å². The molecule has 0 aliphatic rings. The monoisotopic (exact) mass is 244 g/mol. The fraction of sp³-hybridized carbons (Fsp3) is 0.222. The van der Waals surface area contributed by atoms with Crippen LogP contribution in [-0.2, 0) is 15.6 Å². The van der Waals surface area contributed by atoms with Gasteiger partial charge in [-0.1, -0.05) is 30.0 Å². The number of nitrogens with two attached hydrogens (primary N) is 1. The van der Waals surface area contributed by atoms with Crippen LogP contribution in [0.25, 0.3) is 0 Å². The Hall–Kier alpha value is -1.01. The predicted octanol–water partition coefficient (Wildman–Crippen LogP) is 1.22. The Morgan fingerprint density at radius 3 is 2.60 bits per heavy atom. The summed E-state index contributed by atoms with van der Waals surface area (Å²) < 4.78 is 22.8. The highest BCUT2D eigenvalue weighted by Gasteiger charge is 2.12. The first-order valence-corrected chi connectivity index (χ1v) is 7.04. The number of hydrogen-bond donors (Lipinski definition) is 2. The van der Waals surface area contributed by atoms with E-state index in [4.69, 9.17) is 11.1 Å². The molecule has 0 fully saturated rings. The molecule has 4 nitrogen and oxygen atoms in total. The molecule has 0 spiro atoms. The normalized spacial score (nSPS) is 11.3. The maximum atomic E-state index is 11.4. The van der Waals surface area contributed by atoms with Crippen molar-refractivity contribution in [3.63, 3.8) is 0 Å². The Balaban J connectivity index is 3.02. The molecule has 0 atom stereocenters. The Labute approximate surface area is 93.3 Å². The van der Waals surface area contributed by atoms with Gasteiger partial charge < -0.3 is 5.73 Å². The second-order valence-corrected chi connectivity index (χ2v) is 6.03. The van der Waals surface area contributed by atoms with E-state index in [0.717, 1.165) is 11.8 Å². The van der Waals surface area contributed by atoms with E-state index in [1.807, 2.05) is 0 Å². The largest absolute Gasteiger partial charge is 0.379 e. The lowest BCUT2D eigenvalue weighted by atomic mass is 10.2. The summed E-state index contributed by atoms with van der Waals surface area (Å²) in [5.74, 6) is 0.401. The van der Waals surface area contributed by atoms with Crippen LogP contribution in [-0.4, -0.2) is 19.8 Å². The molecular formula is C9H12N2O2S2. The van der Waals surface area contributed by atoms with E-state index in [1.165, 1.54) is 6.26 Å². The summed E-state index contributed by atoms with van der Waals surface area (Å²) in [6.07, 6.45) is 1.17. The smallest absolute Gasteiger partial charge is 0.175 e. The lowest BCUT2D eigenvalue weighted by molar-refractivity contribution is 0.601. The van der Waals surface area contributed by atoms with E-state index in [0.29, 0.717) is 16.2 Å². The molecule has 3 N–H and O–H groups in total. The number of sulfone groups is 1. The van der Waals surface area contributed by atoms with Crippen molar-refractivity contribution in [3.8, 4) is 0 Å². The maximum absolute atomic E-state index is 11.4. The molecule has 0 heterocycles. The fourth-order valence-electron chi connectivity index (χ4n) is 1.14. The van der Waals surface area contributed by atoms with Gasteiger partial charge in [-0.15, -0.1) is 0 Å². The van der Waals surface area contributed by atoms with E-state index in [2.05, 4.69) is 0 Å². The lowest BCUT2D eigenvalue weighted by Crippen LogP contribution is -2.06. The zero-order chi connectivity index (χ0) is 11.5. The van der Waals surface area contributed by atoms with E-state index >= 15 is 0 Å². The minimum atomic E-state index is -3.21. The fourth-order valence-corrected chi connectivity index (χ4v) is 2.74. The Morgan fingerprint density at radius 1 is 1.47 bits per heavy atom. The van der Waals surface area contributed by atoms with Gasteiger partial charge in [0, 0.05) is 12.0 Å². The summed E-state index contributed by atoms with van der Waals surface area (Å²) in [7, 11) is -3.21. The molecule has 1 rings (SSSR count). The second-order valence-electron chi connectivity index (χ2n) is 3.03.